The summed E-state index contributed by atoms with van der Waals surface area (Å²) in [7, 11) is 1.75. The molecule has 0 saturated heterocycles. The van der Waals surface area contributed by atoms with Gasteiger partial charge in [-0.2, -0.15) is 13.2 Å². The maximum atomic E-state index is 12.7. The van der Waals surface area contributed by atoms with E-state index >= 15 is 0 Å². The second kappa shape index (κ2) is 10.8. The zero-order valence-electron chi connectivity index (χ0n) is 17.0. The van der Waals surface area contributed by atoms with Crippen LogP contribution in [0.5, 0.6) is 0 Å². The van der Waals surface area contributed by atoms with Gasteiger partial charge in [0, 0.05) is 0 Å². The van der Waals surface area contributed by atoms with E-state index in [1.807, 2.05) is 23.6 Å². The number of carbonyl (C=O) groups excluding carboxylic acids is 1. The number of benzene rings is 2. The van der Waals surface area contributed by atoms with E-state index in [1.54, 1.807) is 35.7 Å². The van der Waals surface area contributed by atoms with Crippen LogP contribution in [0.1, 0.15) is 0 Å². The van der Waals surface area contributed by atoms with Crippen LogP contribution in [0.15, 0.2) is 47.3 Å². The van der Waals surface area contributed by atoms with Gasteiger partial charge in [-0.1, -0.05) is 0 Å². The number of imidazole rings is 1. The molecule has 14 heteroatoms. The summed E-state index contributed by atoms with van der Waals surface area (Å²) < 4.78 is 32.8. The molecule has 2 aromatic carbocycles. The number of halogens is 5. The second-order valence-electron chi connectivity index (χ2n) is 6.58. The van der Waals surface area contributed by atoms with Crippen molar-refractivity contribution in [3.63, 3.8) is 0 Å². The summed E-state index contributed by atoms with van der Waals surface area (Å²) in [6, 6.07) is 11.1. The summed E-state index contributed by atoms with van der Waals surface area (Å²) in [4.78, 5) is 35.4. The van der Waals surface area contributed by atoms with E-state index < -0.39 is 27.9 Å². The summed E-state index contributed by atoms with van der Waals surface area (Å²) in [6.45, 7) is 0. The Bertz CT molecular complexity index is 1330. The minimum absolute atomic E-state index is 0.0722. The van der Waals surface area contributed by atoms with Crippen molar-refractivity contribution in [3.05, 3.63) is 57.3 Å². The van der Waals surface area contributed by atoms with Gasteiger partial charge in [-0.3, -0.25) is 0 Å². The number of H-pyrrole nitrogens is 1. The van der Waals surface area contributed by atoms with Gasteiger partial charge in [-0.25, -0.2) is 4.79 Å². The number of alkyl halides is 3. The second-order valence-corrected chi connectivity index (χ2v) is 10.7. The average molecular weight is 593 g/mol. The molecule has 2 N–H and O–H groups in total. The van der Waals surface area contributed by atoms with Crippen molar-refractivity contribution in [2.24, 2.45) is 0 Å². The first kappa shape index (κ1) is 26.0. The van der Waals surface area contributed by atoms with Crippen LogP contribution < -0.4 is 9.25 Å². The number of aromatic nitrogens is 3. The van der Waals surface area contributed by atoms with E-state index in [0.29, 0.717) is 10.0 Å². The Kier molecular flexibility index (Phi) is 8.24. The maximum absolute atomic E-state index is 12.7. The smallest absolute Gasteiger partial charge is 0.475 e. The molecule has 0 saturated carbocycles. The first-order chi connectivity index (χ1) is 16.0. The number of aliphatic carboxylic acids is 1. The van der Waals surface area contributed by atoms with E-state index in [1.165, 1.54) is 11.3 Å². The maximum Gasteiger partial charge on any atom is 0.490 e. The van der Waals surface area contributed by atoms with Gasteiger partial charge in [-0.15, -0.1) is 0 Å². The summed E-state index contributed by atoms with van der Waals surface area (Å²) in [5.74, 6) is -2.02. The fourth-order valence-electron chi connectivity index (χ4n) is 2.55. The minimum atomic E-state index is -5.08. The Labute approximate surface area is 211 Å². The fraction of sp³-hybridized carbons (Fsp3) is 0.100. The molecule has 2 aromatic heterocycles. The van der Waals surface area contributed by atoms with Crippen molar-refractivity contribution in [1.82, 2.24) is 15.0 Å². The van der Waals surface area contributed by atoms with E-state index in [0.717, 1.165) is 32.6 Å². The molecule has 0 aliphatic rings. The summed E-state index contributed by atoms with van der Waals surface area (Å²) >= 11 is 12.5. The fourth-order valence-corrected chi connectivity index (χ4v) is 5.31. The number of hydrogen-bond acceptors (Lipinski definition) is 5. The Hall–Kier alpha value is -2.59. The molecular weight excluding hydrogens is 579 g/mol. The minimum Gasteiger partial charge on any atom is -0.475 e. The Morgan fingerprint density at radius 2 is 1.85 bits per heavy atom. The number of aromatic amines is 1. The molecule has 0 aliphatic heterocycles. The average Bonchev–Trinajstić information content (AvgIpc) is 3.44. The number of carbonyl (C=O) groups is 2. The number of fused-ring (bicyclic) bond motifs is 1. The zero-order valence-corrected chi connectivity index (χ0v) is 21.4. The largest absolute Gasteiger partial charge is 0.490 e. The van der Waals surface area contributed by atoms with Gasteiger partial charge < -0.3 is 5.11 Å². The van der Waals surface area contributed by atoms with Gasteiger partial charge in [0.1, 0.15) is 0 Å². The molecule has 2 heterocycles. The van der Waals surface area contributed by atoms with Crippen LogP contribution in [0.3, 0.4) is 0 Å². The Morgan fingerprint density at radius 3 is 2.44 bits per heavy atom. The van der Waals surface area contributed by atoms with Crippen molar-refractivity contribution in [2.75, 3.05) is 11.9 Å². The third-order valence-corrected chi connectivity index (χ3v) is 7.98. The molecule has 0 aliphatic carbocycles. The first-order valence-corrected chi connectivity index (χ1v) is 12.9. The number of anilines is 1. The predicted molar refractivity (Wildman–Crippen MR) is 128 cm³/mol. The number of rotatable bonds is 4. The summed E-state index contributed by atoms with van der Waals surface area (Å²) in [5.41, 5.74) is 5.09. The molecular formula is C20H14AsCl2F3N4O3S. The number of carboxylic acid groups (broad SMARTS) is 1. The van der Waals surface area contributed by atoms with E-state index in [4.69, 9.17) is 33.1 Å². The number of hydrogen-bond donors (Lipinski definition) is 2. The molecule has 1 atom stereocenters. The van der Waals surface area contributed by atoms with E-state index in [-0.39, 0.29) is 4.69 Å². The number of thiazole rings is 1. The molecule has 0 radical (unpaired) electrons. The van der Waals surface area contributed by atoms with Crippen molar-refractivity contribution < 1.29 is 27.9 Å². The molecule has 0 fully saturated rings. The third kappa shape index (κ3) is 6.50. The van der Waals surface area contributed by atoms with E-state index in [9.17, 15) is 18.0 Å². The SMILES string of the molecule is CN(C(=O)[AsH]c1ccc2[nH]c(-c3cscn3)nc2c1)c1ccc(Cl)c(Cl)c1.O=C(O)C(F)(F)F. The van der Waals surface area contributed by atoms with E-state index in [2.05, 4.69) is 15.0 Å². The number of nitrogens with one attached hydrogen (secondary N) is 1. The van der Waals surface area contributed by atoms with Gasteiger partial charge in [0.05, 0.1) is 0 Å². The van der Waals surface area contributed by atoms with Gasteiger partial charge in [-0.05, 0) is 0 Å². The van der Waals surface area contributed by atoms with Crippen LogP contribution in [0.25, 0.3) is 22.6 Å². The van der Waals surface area contributed by atoms with Crippen LogP contribution in [-0.2, 0) is 4.79 Å². The van der Waals surface area contributed by atoms with Crippen molar-refractivity contribution in [1.29, 1.82) is 0 Å². The molecule has 0 spiro atoms. The van der Waals surface area contributed by atoms with Gasteiger partial charge in [0.15, 0.2) is 0 Å². The van der Waals surface area contributed by atoms with Crippen molar-refractivity contribution in [2.45, 2.75) is 6.18 Å². The molecule has 1 unspecified atom stereocenters. The normalized spacial score (nSPS) is 11.5. The predicted octanol–water partition coefficient (Wildman–Crippen LogP) is 4.94. The van der Waals surface area contributed by atoms with Crippen LogP contribution in [-0.4, -0.2) is 59.7 Å². The monoisotopic (exact) mass is 592 g/mol. The van der Waals surface area contributed by atoms with Crippen LogP contribution >= 0.6 is 34.5 Å². The molecule has 178 valence electrons. The van der Waals surface area contributed by atoms with Crippen LogP contribution in [0, 0.1) is 0 Å². The molecule has 4 rings (SSSR count). The van der Waals surface area contributed by atoms with Crippen LogP contribution in [0.2, 0.25) is 10.0 Å². The molecule has 34 heavy (non-hydrogen) atoms. The summed E-state index contributed by atoms with van der Waals surface area (Å²) in [5, 5.41) is 9.97. The summed E-state index contributed by atoms with van der Waals surface area (Å²) in [6.07, 6.45) is -5.08. The number of nitrogens with zero attached hydrogens (tertiary/aromatic N) is 3. The standard InChI is InChI=1S/C18H13AsCl2N4OS.C2HF3O2/c1-25(11-3-4-12(20)13(21)7-11)18(26)19-10-2-5-14-15(6-10)24-17(23-14)16-8-27-9-22-16;3-2(4,5)1(6)7/h2-9,19H,1H3,(H,23,24);(H,6,7). The molecule has 7 nitrogen and oxygen atoms in total. The first-order valence-electron chi connectivity index (χ1n) is 9.14. The Balaban J connectivity index is 0.000000406. The van der Waals surface area contributed by atoms with Gasteiger partial charge in [0.2, 0.25) is 0 Å². The third-order valence-electron chi connectivity index (χ3n) is 4.25. The molecule has 4 aromatic rings. The Morgan fingerprint density at radius 1 is 1.15 bits per heavy atom. The van der Waals surface area contributed by atoms with Gasteiger partial charge in [0.25, 0.3) is 0 Å². The zero-order chi connectivity index (χ0) is 25.0. The molecule has 0 bridgehead atoms. The quantitative estimate of drug-likeness (QED) is 0.327. The van der Waals surface area contributed by atoms with Gasteiger partial charge >= 0.3 is 189 Å². The van der Waals surface area contributed by atoms with Crippen LogP contribution in [0.4, 0.5) is 23.7 Å². The topological polar surface area (TPSA) is 99.2 Å². The number of amides is 1. The molecule has 1 amide bonds. The number of carboxylic acids is 1. The van der Waals surface area contributed by atoms with Crippen molar-refractivity contribution >= 4 is 82.0 Å². The van der Waals surface area contributed by atoms with Crippen molar-refractivity contribution in [3.8, 4) is 11.5 Å².